The molecule has 0 bridgehead atoms. The first-order chi connectivity index (χ1) is 8.26. The number of fused-ring (bicyclic) bond motifs is 2. The Morgan fingerprint density at radius 1 is 1.06 bits per heavy atom. The third-order valence-electron chi connectivity index (χ3n) is 4.07. The largest absolute Gasteiger partial charge is 0.289 e. The number of rotatable bonds is 0. The monoisotopic (exact) mass is 226 g/mol. The molecular weight excluding hydrogens is 212 g/mol. The van der Waals surface area contributed by atoms with E-state index in [9.17, 15) is 4.79 Å². The fourth-order valence-electron chi connectivity index (χ4n) is 2.83. The molecule has 17 heavy (non-hydrogen) atoms. The van der Waals surface area contributed by atoms with Gasteiger partial charge in [-0.1, -0.05) is 24.3 Å². The van der Waals surface area contributed by atoms with Crippen LogP contribution in [-0.2, 0) is 4.79 Å². The molecule has 1 aromatic rings. The maximum Gasteiger partial charge on any atom is 0.265 e. The van der Waals surface area contributed by atoms with E-state index < -0.39 is 0 Å². The van der Waals surface area contributed by atoms with Crippen LogP contribution in [0, 0.1) is 5.41 Å². The normalized spacial score (nSPS) is 23.6. The van der Waals surface area contributed by atoms with E-state index in [1.165, 1.54) is 12.8 Å². The molecule has 2 aliphatic heterocycles. The minimum atomic E-state index is 0.120. The van der Waals surface area contributed by atoms with Crippen molar-refractivity contribution < 1.29 is 4.79 Å². The second-order valence-electron chi connectivity index (χ2n) is 5.40. The first-order valence-corrected chi connectivity index (χ1v) is 6.13. The summed E-state index contributed by atoms with van der Waals surface area (Å²) < 4.78 is 0. The minimum Gasteiger partial charge on any atom is -0.289 e. The van der Waals surface area contributed by atoms with Crippen molar-refractivity contribution in [3.63, 3.8) is 0 Å². The zero-order valence-corrected chi connectivity index (χ0v) is 9.60. The average molecular weight is 226 g/mol. The highest BCUT2D eigenvalue weighted by atomic mass is 16.2. The molecule has 1 amide bonds. The van der Waals surface area contributed by atoms with E-state index in [1.54, 1.807) is 6.08 Å². The summed E-state index contributed by atoms with van der Waals surface area (Å²) in [5.74, 6) is 0.120. The molecular formula is C14H14N2O. The second-order valence-corrected chi connectivity index (χ2v) is 5.40. The number of hydrogen-bond donors (Lipinski definition) is 0. The lowest BCUT2D eigenvalue weighted by atomic mass is 10.1. The van der Waals surface area contributed by atoms with Gasteiger partial charge in [0.15, 0.2) is 0 Å². The van der Waals surface area contributed by atoms with Gasteiger partial charge in [-0.15, -0.1) is 0 Å². The van der Waals surface area contributed by atoms with Crippen LogP contribution in [0.4, 0.5) is 0 Å². The van der Waals surface area contributed by atoms with Gasteiger partial charge in [0.25, 0.3) is 5.91 Å². The molecule has 1 saturated heterocycles. The van der Waals surface area contributed by atoms with Crippen LogP contribution in [0.5, 0.6) is 0 Å². The Labute approximate surface area is 99.6 Å². The van der Waals surface area contributed by atoms with E-state index in [1.807, 2.05) is 23.2 Å². The molecule has 86 valence electrons. The molecule has 4 rings (SSSR count). The van der Waals surface area contributed by atoms with Gasteiger partial charge in [-0.25, -0.2) is 0 Å². The molecule has 3 nitrogen and oxygen atoms in total. The van der Waals surface area contributed by atoms with Crippen molar-refractivity contribution in [1.29, 1.82) is 0 Å². The highest BCUT2D eigenvalue weighted by Crippen LogP contribution is 2.50. The van der Waals surface area contributed by atoms with Gasteiger partial charge in [0.1, 0.15) is 0 Å². The molecule has 3 heteroatoms. The van der Waals surface area contributed by atoms with Crippen molar-refractivity contribution in [2.24, 2.45) is 5.41 Å². The summed E-state index contributed by atoms with van der Waals surface area (Å²) in [6.07, 6.45) is 6.41. The molecule has 3 aliphatic rings. The van der Waals surface area contributed by atoms with Crippen LogP contribution in [0.1, 0.15) is 12.8 Å². The van der Waals surface area contributed by atoms with Crippen LogP contribution in [0.2, 0.25) is 0 Å². The summed E-state index contributed by atoms with van der Waals surface area (Å²) in [7, 11) is 0. The van der Waals surface area contributed by atoms with E-state index in [4.69, 9.17) is 0 Å². The Bertz CT molecular complexity index is 615. The standard InChI is InChI=1S/C14H14N2O/c17-13-7-11-3-1-2-4-12(11)8-15-9-14(5-6-14)10-16(13)15/h1-4,7-8H,5-6,9-10H2. The maximum atomic E-state index is 12.2. The van der Waals surface area contributed by atoms with Gasteiger partial charge in [-0.3, -0.25) is 14.8 Å². The smallest absolute Gasteiger partial charge is 0.265 e. The first kappa shape index (κ1) is 9.28. The molecule has 1 spiro atoms. The molecule has 1 saturated carbocycles. The third-order valence-corrected chi connectivity index (χ3v) is 4.07. The Morgan fingerprint density at radius 2 is 1.82 bits per heavy atom. The van der Waals surface area contributed by atoms with E-state index in [-0.39, 0.29) is 5.91 Å². The van der Waals surface area contributed by atoms with Crippen molar-refractivity contribution in [3.8, 4) is 0 Å². The number of hydrazine groups is 1. The van der Waals surface area contributed by atoms with E-state index in [2.05, 4.69) is 17.3 Å². The predicted molar refractivity (Wildman–Crippen MR) is 64.7 cm³/mol. The van der Waals surface area contributed by atoms with Gasteiger partial charge >= 0.3 is 0 Å². The van der Waals surface area contributed by atoms with Crippen LogP contribution in [-0.4, -0.2) is 29.0 Å². The molecule has 0 N–H and O–H groups in total. The molecule has 1 aliphatic carbocycles. The highest BCUT2D eigenvalue weighted by Gasteiger charge is 2.52. The topological polar surface area (TPSA) is 23.6 Å². The number of benzene rings is 1. The number of nitrogens with zero attached hydrogens (tertiary/aromatic N) is 2. The minimum absolute atomic E-state index is 0.120. The molecule has 0 unspecified atom stereocenters. The van der Waals surface area contributed by atoms with E-state index in [0.717, 1.165) is 23.5 Å². The van der Waals surface area contributed by atoms with Crippen LogP contribution < -0.4 is 10.4 Å². The summed E-state index contributed by atoms with van der Waals surface area (Å²) in [5.41, 5.74) is 0.409. The third kappa shape index (κ3) is 1.32. The summed E-state index contributed by atoms with van der Waals surface area (Å²) in [6, 6.07) is 8.07. The fourth-order valence-corrected chi connectivity index (χ4v) is 2.83. The molecule has 1 aromatic carbocycles. The Morgan fingerprint density at radius 3 is 2.59 bits per heavy atom. The second kappa shape index (κ2) is 2.92. The number of amides is 1. The number of carbonyl (C=O) groups excluding carboxylic acids is 1. The Balaban J connectivity index is 1.89. The van der Waals surface area contributed by atoms with Crippen LogP contribution in [0.25, 0.3) is 12.3 Å². The highest BCUT2D eigenvalue weighted by molar-refractivity contribution is 6.04. The summed E-state index contributed by atoms with van der Waals surface area (Å²) in [4.78, 5) is 12.2. The molecule has 0 radical (unpaired) electrons. The first-order valence-electron chi connectivity index (χ1n) is 6.13. The van der Waals surface area contributed by atoms with Gasteiger partial charge < -0.3 is 0 Å². The quantitative estimate of drug-likeness (QED) is 0.624. The fraction of sp³-hybridized carbons (Fsp3) is 0.357. The zero-order valence-electron chi connectivity index (χ0n) is 9.60. The number of hydrogen-bond acceptors (Lipinski definition) is 2. The van der Waals surface area contributed by atoms with Crippen molar-refractivity contribution in [1.82, 2.24) is 10.0 Å². The lowest BCUT2D eigenvalue weighted by Crippen LogP contribution is -2.36. The van der Waals surface area contributed by atoms with Crippen LogP contribution in [0.3, 0.4) is 0 Å². The molecule has 2 fully saturated rings. The summed E-state index contributed by atoms with van der Waals surface area (Å²) in [6.45, 7) is 1.90. The summed E-state index contributed by atoms with van der Waals surface area (Å²) >= 11 is 0. The van der Waals surface area contributed by atoms with Gasteiger partial charge in [0.2, 0.25) is 0 Å². The lowest BCUT2D eigenvalue weighted by molar-refractivity contribution is -0.132. The van der Waals surface area contributed by atoms with Gasteiger partial charge in [-0.05, 0) is 23.3 Å². The van der Waals surface area contributed by atoms with Crippen molar-refractivity contribution in [3.05, 3.63) is 34.7 Å². The molecule has 2 heterocycles. The SMILES string of the molecule is O=C1C=c2ccccc2=CN2CC3(CC3)CN12. The molecule has 0 aromatic heterocycles. The Kier molecular flexibility index (Phi) is 1.59. The maximum absolute atomic E-state index is 12.2. The van der Waals surface area contributed by atoms with Crippen LogP contribution >= 0.6 is 0 Å². The van der Waals surface area contributed by atoms with E-state index in [0.29, 0.717) is 5.41 Å². The Hall–Kier alpha value is -1.77. The zero-order chi connectivity index (χ0) is 11.5. The van der Waals surface area contributed by atoms with Crippen molar-refractivity contribution in [2.45, 2.75) is 12.8 Å². The van der Waals surface area contributed by atoms with Gasteiger partial charge in [-0.2, -0.15) is 0 Å². The van der Waals surface area contributed by atoms with Gasteiger partial charge in [0.05, 0.1) is 6.54 Å². The molecule has 0 atom stereocenters. The van der Waals surface area contributed by atoms with Gasteiger partial charge in [0, 0.05) is 24.2 Å². The predicted octanol–water partition coefficient (Wildman–Crippen LogP) is 0.0581. The van der Waals surface area contributed by atoms with E-state index >= 15 is 0 Å². The van der Waals surface area contributed by atoms with Crippen molar-refractivity contribution in [2.75, 3.05) is 13.1 Å². The average Bonchev–Trinajstić information content (AvgIpc) is 2.98. The lowest BCUT2D eigenvalue weighted by Gasteiger charge is -2.23. The van der Waals surface area contributed by atoms with Crippen molar-refractivity contribution >= 4 is 18.2 Å². The van der Waals surface area contributed by atoms with Crippen LogP contribution in [0.15, 0.2) is 24.3 Å². The number of carbonyl (C=O) groups is 1. The summed E-state index contributed by atoms with van der Waals surface area (Å²) in [5, 5.41) is 6.17.